The van der Waals surface area contributed by atoms with Crippen LogP contribution < -0.4 is 15.4 Å². The third kappa shape index (κ3) is 12.3. The van der Waals surface area contributed by atoms with E-state index in [1.807, 2.05) is 38.1 Å². The molecule has 0 aliphatic rings. The average molecular weight is 596 g/mol. The van der Waals surface area contributed by atoms with Crippen molar-refractivity contribution in [3.63, 3.8) is 0 Å². The third-order valence-electron chi connectivity index (χ3n) is 7.10. The topological polar surface area (TPSA) is 97.0 Å². The first-order valence-electron chi connectivity index (χ1n) is 15.7. The number of hydrogen-bond acceptors (Lipinski definition) is 5. The summed E-state index contributed by atoms with van der Waals surface area (Å²) in [6.07, 6.45) is 5.57. The fraction of sp³-hybridized carbons (Fsp3) is 0.571. The number of benzene rings is 2. The molecule has 2 N–H and O–H groups in total. The summed E-state index contributed by atoms with van der Waals surface area (Å²) in [4.78, 5) is 43.0. The molecule has 0 heterocycles. The van der Waals surface area contributed by atoms with Gasteiger partial charge in [-0.1, -0.05) is 77.6 Å². The summed E-state index contributed by atoms with van der Waals surface area (Å²) in [5.74, 6) is 0.172. The zero-order valence-electron chi connectivity index (χ0n) is 27.5. The van der Waals surface area contributed by atoms with Gasteiger partial charge in [0.15, 0.2) is 0 Å². The van der Waals surface area contributed by atoms with Gasteiger partial charge in [-0.25, -0.2) is 4.79 Å². The van der Waals surface area contributed by atoms with Crippen LogP contribution in [0.2, 0.25) is 0 Å². The first-order valence-corrected chi connectivity index (χ1v) is 15.7. The molecule has 0 spiro atoms. The van der Waals surface area contributed by atoms with E-state index in [1.165, 1.54) is 0 Å². The summed E-state index contributed by atoms with van der Waals surface area (Å²) < 4.78 is 10.8. The normalized spacial score (nSPS) is 12.8. The minimum absolute atomic E-state index is 0.116. The van der Waals surface area contributed by atoms with Crippen LogP contribution in [0.15, 0.2) is 48.5 Å². The van der Waals surface area contributed by atoms with Crippen molar-refractivity contribution in [2.24, 2.45) is 5.92 Å². The number of carbonyl (C=O) groups excluding carboxylic acids is 3. The molecule has 2 aromatic carbocycles. The summed E-state index contributed by atoms with van der Waals surface area (Å²) in [5.41, 5.74) is 1.74. The van der Waals surface area contributed by atoms with Gasteiger partial charge < -0.3 is 25.0 Å². The molecule has 2 rings (SSSR count). The molecule has 0 fully saturated rings. The maximum Gasteiger partial charge on any atom is 0.408 e. The van der Waals surface area contributed by atoms with E-state index in [0.29, 0.717) is 30.0 Å². The maximum atomic E-state index is 14.4. The van der Waals surface area contributed by atoms with E-state index in [-0.39, 0.29) is 17.7 Å². The first-order chi connectivity index (χ1) is 20.4. The van der Waals surface area contributed by atoms with Crippen LogP contribution in [0.4, 0.5) is 10.5 Å². The summed E-state index contributed by atoms with van der Waals surface area (Å²) in [6, 6.07) is 13.2. The molecule has 0 aliphatic heterocycles. The van der Waals surface area contributed by atoms with E-state index in [9.17, 15) is 14.4 Å². The zero-order valence-corrected chi connectivity index (χ0v) is 27.5. The molecule has 0 aliphatic carbocycles. The van der Waals surface area contributed by atoms with Crippen LogP contribution in [0, 0.1) is 5.92 Å². The van der Waals surface area contributed by atoms with E-state index in [1.54, 1.807) is 57.0 Å². The van der Waals surface area contributed by atoms with Crippen molar-refractivity contribution in [1.82, 2.24) is 10.2 Å². The Balaban J connectivity index is 2.53. The summed E-state index contributed by atoms with van der Waals surface area (Å²) in [7, 11) is 1.59. The number of nitrogens with one attached hydrogen (secondary N) is 2. The fourth-order valence-electron chi connectivity index (χ4n) is 4.89. The Labute approximate surface area is 258 Å². The van der Waals surface area contributed by atoms with Gasteiger partial charge in [-0.3, -0.25) is 9.59 Å². The highest BCUT2D eigenvalue weighted by atomic mass is 16.6. The molecular formula is C35H53N3O5. The molecule has 0 radical (unpaired) electrons. The van der Waals surface area contributed by atoms with Crippen LogP contribution in [0.5, 0.6) is 5.75 Å². The van der Waals surface area contributed by atoms with Crippen molar-refractivity contribution in [1.29, 1.82) is 0 Å². The predicted molar refractivity (Wildman–Crippen MR) is 173 cm³/mol. The Morgan fingerprint density at radius 3 is 2.05 bits per heavy atom. The molecule has 2 atom stereocenters. The molecule has 0 bridgehead atoms. The predicted octanol–water partition coefficient (Wildman–Crippen LogP) is 7.68. The van der Waals surface area contributed by atoms with Crippen LogP contribution in [-0.4, -0.2) is 48.1 Å². The number of ether oxygens (including phenoxy) is 2. The lowest BCUT2D eigenvalue weighted by Gasteiger charge is -2.35. The number of carbonyl (C=O) groups is 3. The molecule has 43 heavy (non-hydrogen) atoms. The van der Waals surface area contributed by atoms with Gasteiger partial charge in [0.25, 0.3) is 5.91 Å². The van der Waals surface area contributed by atoms with Gasteiger partial charge in [-0.2, -0.15) is 0 Å². The number of aryl methyl sites for hydroxylation is 1. The minimum atomic E-state index is -0.901. The standard InChI is InChI=1S/C35H53N3O5/c1-9-11-12-13-14-23-38(33(40)30(24-25(3)4)37-34(41)43-35(5,6)7)31(27-17-15-26(10-2)16-18-27)32(39)36-28-19-21-29(42-8)22-20-28/h15-22,25,30-31H,9-14,23-24H2,1-8H3,(H,36,39)(H,37,41). The number of alkyl carbamates (subject to hydrolysis) is 1. The van der Waals surface area contributed by atoms with Gasteiger partial charge in [0.1, 0.15) is 23.4 Å². The molecule has 8 heteroatoms. The van der Waals surface area contributed by atoms with E-state index in [0.717, 1.165) is 44.1 Å². The highest BCUT2D eigenvalue weighted by molar-refractivity contribution is 5.99. The maximum absolute atomic E-state index is 14.4. The van der Waals surface area contributed by atoms with E-state index in [4.69, 9.17) is 9.47 Å². The molecule has 238 valence electrons. The zero-order chi connectivity index (χ0) is 32.0. The van der Waals surface area contributed by atoms with Crippen LogP contribution >= 0.6 is 0 Å². The van der Waals surface area contributed by atoms with Crippen LogP contribution in [0.25, 0.3) is 0 Å². The van der Waals surface area contributed by atoms with Gasteiger partial charge in [0.05, 0.1) is 7.11 Å². The molecule has 0 aromatic heterocycles. The van der Waals surface area contributed by atoms with E-state index in [2.05, 4.69) is 24.5 Å². The number of rotatable bonds is 16. The minimum Gasteiger partial charge on any atom is -0.497 e. The Morgan fingerprint density at radius 1 is 0.884 bits per heavy atom. The largest absolute Gasteiger partial charge is 0.497 e. The van der Waals surface area contributed by atoms with Crippen LogP contribution in [0.1, 0.15) is 104 Å². The number of anilines is 1. The highest BCUT2D eigenvalue weighted by Crippen LogP contribution is 2.27. The van der Waals surface area contributed by atoms with E-state index < -0.39 is 23.8 Å². The molecule has 8 nitrogen and oxygen atoms in total. The number of nitrogens with zero attached hydrogens (tertiary/aromatic N) is 1. The van der Waals surface area contributed by atoms with Gasteiger partial charge in [-0.15, -0.1) is 0 Å². The van der Waals surface area contributed by atoms with Gasteiger partial charge >= 0.3 is 6.09 Å². The summed E-state index contributed by atoms with van der Waals surface area (Å²) in [6.45, 7) is 14.0. The number of unbranched alkanes of at least 4 members (excludes halogenated alkanes) is 4. The Morgan fingerprint density at radius 2 is 1.51 bits per heavy atom. The lowest BCUT2D eigenvalue weighted by molar-refractivity contribution is -0.141. The number of methoxy groups -OCH3 is 1. The molecule has 3 amide bonds. The van der Waals surface area contributed by atoms with Crippen molar-refractivity contribution >= 4 is 23.6 Å². The quantitative estimate of drug-likeness (QED) is 0.194. The number of amides is 3. The molecule has 2 aromatic rings. The highest BCUT2D eigenvalue weighted by Gasteiger charge is 2.36. The van der Waals surface area contributed by atoms with E-state index >= 15 is 0 Å². The van der Waals surface area contributed by atoms with Crippen molar-refractivity contribution < 1.29 is 23.9 Å². The van der Waals surface area contributed by atoms with Gasteiger partial charge in [-0.05, 0) is 81.3 Å². The second-order valence-electron chi connectivity index (χ2n) is 12.5. The van der Waals surface area contributed by atoms with Gasteiger partial charge in [0.2, 0.25) is 5.91 Å². The van der Waals surface area contributed by atoms with Crippen molar-refractivity contribution in [2.75, 3.05) is 19.0 Å². The van der Waals surface area contributed by atoms with Crippen LogP contribution in [0.3, 0.4) is 0 Å². The molecule has 2 unspecified atom stereocenters. The number of hydrogen-bond donors (Lipinski definition) is 2. The average Bonchev–Trinajstić information content (AvgIpc) is 2.95. The first kappa shape index (κ1) is 35.6. The second-order valence-corrected chi connectivity index (χ2v) is 12.5. The lowest BCUT2D eigenvalue weighted by Crippen LogP contribution is -2.53. The Hall–Kier alpha value is -3.55. The monoisotopic (exact) mass is 595 g/mol. The Bertz CT molecular complexity index is 1140. The lowest BCUT2D eigenvalue weighted by atomic mass is 9.97. The smallest absolute Gasteiger partial charge is 0.408 e. The van der Waals surface area contributed by atoms with Crippen molar-refractivity contribution in [3.8, 4) is 5.75 Å². The fourth-order valence-corrected chi connectivity index (χ4v) is 4.89. The summed E-state index contributed by atoms with van der Waals surface area (Å²) in [5, 5.41) is 5.84. The van der Waals surface area contributed by atoms with Gasteiger partial charge in [0, 0.05) is 12.2 Å². The van der Waals surface area contributed by atoms with Crippen LogP contribution in [-0.2, 0) is 20.7 Å². The molecule has 0 saturated carbocycles. The summed E-state index contributed by atoms with van der Waals surface area (Å²) >= 11 is 0. The van der Waals surface area contributed by atoms with Crippen molar-refractivity contribution in [3.05, 3.63) is 59.7 Å². The molecule has 0 saturated heterocycles. The third-order valence-corrected chi connectivity index (χ3v) is 7.10. The molecular weight excluding hydrogens is 542 g/mol. The SMILES string of the molecule is CCCCCCCN(C(=O)C(CC(C)C)NC(=O)OC(C)(C)C)C(C(=O)Nc1ccc(OC)cc1)c1ccc(CC)cc1. The second kappa shape index (κ2) is 17.5. The van der Waals surface area contributed by atoms with Crippen molar-refractivity contribution in [2.45, 2.75) is 111 Å². The Kier molecular flexibility index (Phi) is 14.5.